The first kappa shape index (κ1) is 10.2. The van der Waals surface area contributed by atoms with Crippen LogP contribution in [0.1, 0.15) is 18.2 Å². The van der Waals surface area contributed by atoms with E-state index in [2.05, 4.69) is 20.9 Å². The van der Waals surface area contributed by atoms with Gasteiger partial charge in [0.1, 0.15) is 5.82 Å². The van der Waals surface area contributed by atoms with Crippen molar-refractivity contribution in [1.29, 1.82) is 0 Å². The fourth-order valence-electron chi connectivity index (χ4n) is 1.99. The van der Waals surface area contributed by atoms with Crippen LogP contribution in [-0.2, 0) is 7.05 Å². The molecule has 1 heterocycles. The number of halogens is 3. The summed E-state index contributed by atoms with van der Waals surface area (Å²) < 4.78 is 28.7. The van der Waals surface area contributed by atoms with Gasteiger partial charge in [0.05, 0.1) is 17.0 Å². The molecule has 2 aromatic rings. The Hall–Kier alpha value is -0.970. The SMILES string of the molecule is Cn1c([C@@H]2CC2(F)F)nc2ccc(Br)cc21. The lowest BCUT2D eigenvalue weighted by Crippen LogP contribution is -2.00. The number of imidazole rings is 1. The Morgan fingerprint density at radius 1 is 1.50 bits per heavy atom. The van der Waals surface area contributed by atoms with Gasteiger partial charge >= 0.3 is 0 Å². The van der Waals surface area contributed by atoms with Crippen LogP contribution >= 0.6 is 15.9 Å². The number of alkyl halides is 2. The normalized spacial score (nSPS) is 22.6. The molecule has 1 saturated carbocycles. The molecule has 16 heavy (non-hydrogen) atoms. The van der Waals surface area contributed by atoms with Gasteiger partial charge in [0, 0.05) is 17.9 Å². The molecule has 84 valence electrons. The van der Waals surface area contributed by atoms with Crippen molar-refractivity contribution in [2.45, 2.75) is 18.3 Å². The molecule has 0 saturated heterocycles. The maximum absolute atomic E-state index is 13.0. The highest BCUT2D eigenvalue weighted by atomic mass is 79.9. The summed E-state index contributed by atoms with van der Waals surface area (Å²) in [7, 11) is 1.78. The van der Waals surface area contributed by atoms with Crippen LogP contribution in [0.25, 0.3) is 11.0 Å². The van der Waals surface area contributed by atoms with E-state index in [-0.39, 0.29) is 6.42 Å². The molecule has 0 radical (unpaired) electrons. The van der Waals surface area contributed by atoms with Gasteiger partial charge in [-0.3, -0.25) is 0 Å². The molecule has 0 amide bonds. The predicted octanol–water partition coefficient (Wildman–Crippen LogP) is 3.46. The van der Waals surface area contributed by atoms with E-state index in [0.29, 0.717) is 5.82 Å². The summed E-state index contributed by atoms with van der Waals surface area (Å²) >= 11 is 3.36. The summed E-state index contributed by atoms with van der Waals surface area (Å²) in [5, 5.41) is 0. The highest BCUT2D eigenvalue weighted by Crippen LogP contribution is 2.55. The van der Waals surface area contributed by atoms with Gasteiger partial charge in [0.2, 0.25) is 0 Å². The second-order valence-electron chi connectivity index (χ2n) is 4.18. The average molecular weight is 287 g/mol. The number of fused-ring (bicyclic) bond motifs is 1. The van der Waals surface area contributed by atoms with Crippen molar-refractivity contribution in [3.63, 3.8) is 0 Å². The van der Waals surface area contributed by atoms with E-state index < -0.39 is 11.8 Å². The standard InChI is InChI=1S/C11H9BrF2N2/c1-16-9-4-6(12)2-3-8(9)15-10(16)7-5-11(7,13)14/h2-4,7H,5H2,1H3/t7-/m0/s1. The summed E-state index contributed by atoms with van der Waals surface area (Å²) in [6, 6.07) is 5.60. The van der Waals surface area contributed by atoms with Gasteiger partial charge in [-0.15, -0.1) is 0 Å². The zero-order chi connectivity index (χ0) is 11.5. The molecule has 0 N–H and O–H groups in total. The monoisotopic (exact) mass is 286 g/mol. The van der Waals surface area contributed by atoms with E-state index in [9.17, 15) is 8.78 Å². The average Bonchev–Trinajstić information content (AvgIpc) is 2.72. The first-order chi connectivity index (χ1) is 7.49. The number of benzene rings is 1. The summed E-state index contributed by atoms with van der Waals surface area (Å²) in [6.45, 7) is 0. The lowest BCUT2D eigenvalue weighted by Gasteiger charge is -2.00. The smallest absolute Gasteiger partial charge is 0.259 e. The number of nitrogens with zero attached hydrogens (tertiary/aromatic N) is 2. The van der Waals surface area contributed by atoms with E-state index in [1.165, 1.54) is 0 Å². The summed E-state index contributed by atoms with van der Waals surface area (Å²) in [4.78, 5) is 4.27. The van der Waals surface area contributed by atoms with Crippen LogP contribution in [0.15, 0.2) is 22.7 Å². The maximum atomic E-state index is 13.0. The number of hydrogen-bond acceptors (Lipinski definition) is 1. The van der Waals surface area contributed by atoms with Crippen molar-refractivity contribution >= 4 is 27.0 Å². The number of aromatic nitrogens is 2. The van der Waals surface area contributed by atoms with E-state index >= 15 is 0 Å². The second-order valence-corrected chi connectivity index (χ2v) is 5.10. The molecule has 1 aliphatic rings. The third-order valence-electron chi connectivity index (χ3n) is 3.02. The van der Waals surface area contributed by atoms with E-state index in [1.807, 2.05) is 18.2 Å². The molecular weight excluding hydrogens is 278 g/mol. The van der Waals surface area contributed by atoms with Gasteiger partial charge in [-0.1, -0.05) is 15.9 Å². The van der Waals surface area contributed by atoms with Crippen molar-refractivity contribution in [2.24, 2.45) is 7.05 Å². The fourth-order valence-corrected chi connectivity index (χ4v) is 2.34. The van der Waals surface area contributed by atoms with E-state index in [4.69, 9.17) is 0 Å². The molecule has 1 aromatic carbocycles. The molecule has 1 atom stereocenters. The van der Waals surface area contributed by atoms with Gasteiger partial charge in [-0.05, 0) is 18.2 Å². The number of rotatable bonds is 1. The molecule has 0 spiro atoms. The molecule has 0 aliphatic heterocycles. The topological polar surface area (TPSA) is 17.8 Å². The molecule has 2 nitrogen and oxygen atoms in total. The van der Waals surface area contributed by atoms with Crippen molar-refractivity contribution in [3.8, 4) is 0 Å². The summed E-state index contributed by atoms with van der Waals surface area (Å²) in [5.74, 6) is -2.78. The predicted molar refractivity (Wildman–Crippen MR) is 60.7 cm³/mol. The molecular formula is C11H9BrF2N2. The van der Waals surface area contributed by atoms with Crippen molar-refractivity contribution < 1.29 is 8.78 Å². The summed E-state index contributed by atoms with van der Waals surface area (Å²) in [5.41, 5.74) is 1.65. The van der Waals surface area contributed by atoms with Crippen LogP contribution in [0.3, 0.4) is 0 Å². The number of aryl methyl sites for hydroxylation is 1. The Morgan fingerprint density at radius 2 is 2.19 bits per heavy atom. The Labute approximate surface area is 99.4 Å². The Bertz CT molecular complexity index is 577. The van der Waals surface area contributed by atoms with Crippen LogP contribution in [-0.4, -0.2) is 15.5 Å². The minimum Gasteiger partial charge on any atom is -0.331 e. The first-order valence-electron chi connectivity index (χ1n) is 4.99. The number of hydrogen-bond donors (Lipinski definition) is 0. The van der Waals surface area contributed by atoms with Crippen LogP contribution in [0.5, 0.6) is 0 Å². The molecule has 3 rings (SSSR count). The van der Waals surface area contributed by atoms with Gasteiger partial charge in [-0.25, -0.2) is 13.8 Å². The van der Waals surface area contributed by atoms with Crippen molar-refractivity contribution in [2.75, 3.05) is 0 Å². The third-order valence-corrected chi connectivity index (χ3v) is 3.51. The maximum Gasteiger partial charge on any atom is 0.259 e. The fraction of sp³-hybridized carbons (Fsp3) is 0.364. The molecule has 1 aliphatic carbocycles. The van der Waals surface area contributed by atoms with E-state index in [0.717, 1.165) is 15.5 Å². The highest BCUT2D eigenvalue weighted by molar-refractivity contribution is 9.10. The van der Waals surface area contributed by atoms with Gasteiger partial charge < -0.3 is 4.57 Å². The highest BCUT2D eigenvalue weighted by Gasteiger charge is 2.59. The lowest BCUT2D eigenvalue weighted by molar-refractivity contribution is 0.110. The third kappa shape index (κ3) is 1.38. The lowest BCUT2D eigenvalue weighted by atomic mass is 10.3. The Kier molecular flexibility index (Phi) is 1.93. The zero-order valence-electron chi connectivity index (χ0n) is 8.54. The molecule has 0 bridgehead atoms. The molecule has 1 fully saturated rings. The quantitative estimate of drug-likeness (QED) is 0.785. The molecule has 5 heteroatoms. The Morgan fingerprint density at radius 3 is 2.81 bits per heavy atom. The largest absolute Gasteiger partial charge is 0.331 e. The van der Waals surface area contributed by atoms with Crippen LogP contribution < -0.4 is 0 Å². The minimum atomic E-state index is -2.56. The zero-order valence-corrected chi connectivity index (χ0v) is 10.1. The van der Waals surface area contributed by atoms with Gasteiger partial charge in [-0.2, -0.15) is 0 Å². The molecule has 1 aromatic heterocycles. The molecule has 0 unspecified atom stereocenters. The Balaban J connectivity index is 2.17. The van der Waals surface area contributed by atoms with Crippen molar-refractivity contribution in [1.82, 2.24) is 9.55 Å². The van der Waals surface area contributed by atoms with E-state index in [1.54, 1.807) is 11.6 Å². The first-order valence-corrected chi connectivity index (χ1v) is 5.78. The minimum absolute atomic E-state index is 0.0780. The van der Waals surface area contributed by atoms with Crippen LogP contribution in [0.4, 0.5) is 8.78 Å². The van der Waals surface area contributed by atoms with Crippen LogP contribution in [0, 0.1) is 0 Å². The van der Waals surface area contributed by atoms with Gasteiger partial charge in [0.15, 0.2) is 0 Å². The summed E-state index contributed by atoms with van der Waals surface area (Å²) in [6.07, 6.45) is -0.0780. The van der Waals surface area contributed by atoms with Crippen LogP contribution in [0.2, 0.25) is 0 Å². The van der Waals surface area contributed by atoms with Crippen molar-refractivity contribution in [3.05, 3.63) is 28.5 Å². The van der Waals surface area contributed by atoms with Gasteiger partial charge in [0.25, 0.3) is 5.92 Å². The second kappa shape index (κ2) is 3.03.